The molecule has 0 spiro atoms. The van der Waals surface area contributed by atoms with Crippen molar-refractivity contribution in [2.75, 3.05) is 6.54 Å². The molecular weight excluding hydrogens is 335 g/mol. The minimum atomic E-state index is -0.632. The predicted molar refractivity (Wildman–Crippen MR) is 88.2 cm³/mol. The van der Waals surface area contributed by atoms with Crippen LogP contribution in [0.3, 0.4) is 0 Å². The van der Waals surface area contributed by atoms with Gasteiger partial charge in [0.25, 0.3) is 5.91 Å². The molecular formula is C17H16ClFN2O3. The molecule has 2 rings (SSSR count). The third-order valence-electron chi connectivity index (χ3n) is 3.52. The van der Waals surface area contributed by atoms with Crippen LogP contribution in [0.4, 0.5) is 4.39 Å². The van der Waals surface area contributed by atoms with Crippen LogP contribution in [-0.2, 0) is 11.2 Å². The molecule has 4 N–H and O–H groups in total. The van der Waals surface area contributed by atoms with Gasteiger partial charge in [-0.1, -0.05) is 23.7 Å². The average molecular weight is 351 g/mol. The molecule has 0 aliphatic heterocycles. The van der Waals surface area contributed by atoms with Gasteiger partial charge in [0.1, 0.15) is 11.6 Å². The van der Waals surface area contributed by atoms with Crippen molar-refractivity contribution < 1.29 is 19.1 Å². The molecule has 0 radical (unpaired) electrons. The number of phenolic OH excluding ortho intramolecular Hbond substituents is 1. The SMILES string of the molecule is NC(=O)C(CNC(=O)c1ccc(O)c(Cl)c1)Cc1ccc(F)cc1. The molecule has 2 aromatic carbocycles. The molecule has 7 heteroatoms. The van der Waals surface area contributed by atoms with Gasteiger partial charge in [0.05, 0.1) is 10.9 Å². The molecule has 0 heterocycles. The Morgan fingerprint density at radius 2 is 1.88 bits per heavy atom. The highest BCUT2D eigenvalue weighted by Gasteiger charge is 2.18. The normalized spacial score (nSPS) is 11.8. The van der Waals surface area contributed by atoms with Crippen LogP contribution in [0.1, 0.15) is 15.9 Å². The molecule has 1 atom stereocenters. The molecule has 2 aromatic rings. The highest BCUT2D eigenvalue weighted by Crippen LogP contribution is 2.23. The van der Waals surface area contributed by atoms with Crippen LogP contribution in [0.5, 0.6) is 5.75 Å². The van der Waals surface area contributed by atoms with E-state index in [0.717, 1.165) is 5.56 Å². The Balaban J connectivity index is 2.00. The first kappa shape index (κ1) is 17.7. The number of hydrogen-bond acceptors (Lipinski definition) is 3. The van der Waals surface area contributed by atoms with E-state index in [0.29, 0.717) is 0 Å². The summed E-state index contributed by atoms with van der Waals surface area (Å²) in [6.07, 6.45) is 0.284. The maximum absolute atomic E-state index is 12.9. The summed E-state index contributed by atoms with van der Waals surface area (Å²) >= 11 is 5.76. The summed E-state index contributed by atoms with van der Waals surface area (Å²) in [5.74, 6) is -2.14. The molecule has 0 saturated carbocycles. The number of phenols is 1. The van der Waals surface area contributed by atoms with E-state index < -0.39 is 17.7 Å². The van der Waals surface area contributed by atoms with Gasteiger partial charge in [-0.25, -0.2) is 4.39 Å². The molecule has 0 aliphatic carbocycles. The molecule has 0 aromatic heterocycles. The van der Waals surface area contributed by atoms with Crippen molar-refractivity contribution in [3.05, 3.63) is 64.4 Å². The van der Waals surface area contributed by atoms with Crippen LogP contribution in [0, 0.1) is 11.7 Å². The lowest BCUT2D eigenvalue weighted by molar-refractivity contribution is -0.121. The van der Waals surface area contributed by atoms with Crippen LogP contribution in [0.2, 0.25) is 5.02 Å². The predicted octanol–water partition coefficient (Wildman–Crippen LogP) is 2.26. The zero-order chi connectivity index (χ0) is 17.7. The summed E-state index contributed by atoms with van der Waals surface area (Å²) in [7, 11) is 0. The largest absolute Gasteiger partial charge is 0.506 e. The fraction of sp³-hybridized carbons (Fsp3) is 0.176. The number of nitrogens with one attached hydrogen (secondary N) is 1. The quantitative estimate of drug-likeness (QED) is 0.746. The second kappa shape index (κ2) is 7.79. The number of hydrogen-bond donors (Lipinski definition) is 3. The monoisotopic (exact) mass is 350 g/mol. The fourth-order valence-electron chi connectivity index (χ4n) is 2.14. The number of benzene rings is 2. The van der Waals surface area contributed by atoms with Crippen molar-refractivity contribution in [2.24, 2.45) is 11.7 Å². The summed E-state index contributed by atoms with van der Waals surface area (Å²) in [6, 6.07) is 9.76. The Morgan fingerprint density at radius 1 is 1.21 bits per heavy atom. The topological polar surface area (TPSA) is 92.4 Å². The number of rotatable bonds is 6. The van der Waals surface area contributed by atoms with Gasteiger partial charge >= 0.3 is 0 Å². The van der Waals surface area contributed by atoms with Gasteiger partial charge in [0, 0.05) is 12.1 Å². The molecule has 24 heavy (non-hydrogen) atoms. The molecule has 2 amide bonds. The number of amides is 2. The Bertz CT molecular complexity index is 750. The third kappa shape index (κ3) is 4.70. The summed E-state index contributed by atoms with van der Waals surface area (Å²) in [6.45, 7) is 0.0318. The van der Waals surface area contributed by atoms with E-state index in [1.165, 1.54) is 30.3 Å². The molecule has 0 bridgehead atoms. The summed E-state index contributed by atoms with van der Waals surface area (Å²) in [5.41, 5.74) is 6.36. The standard InChI is InChI=1S/C17H16ClFN2O3/c18-14-8-11(3-6-15(14)22)17(24)21-9-12(16(20)23)7-10-1-4-13(19)5-2-10/h1-6,8,12,22H,7,9H2,(H2,20,23)(H,21,24). The zero-order valence-electron chi connectivity index (χ0n) is 12.6. The molecule has 126 valence electrons. The van der Waals surface area contributed by atoms with Crippen LogP contribution in [-0.4, -0.2) is 23.5 Å². The van der Waals surface area contributed by atoms with Crippen molar-refractivity contribution in [2.45, 2.75) is 6.42 Å². The van der Waals surface area contributed by atoms with Crippen molar-refractivity contribution in [1.82, 2.24) is 5.32 Å². The number of primary amides is 1. The van der Waals surface area contributed by atoms with Gasteiger partial charge in [-0.15, -0.1) is 0 Å². The van der Waals surface area contributed by atoms with Crippen LogP contribution < -0.4 is 11.1 Å². The Labute approximate surface area is 143 Å². The first-order chi connectivity index (χ1) is 11.4. The molecule has 0 fully saturated rings. The van der Waals surface area contributed by atoms with E-state index >= 15 is 0 Å². The highest BCUT2D eigenvalue weighted by molar-refractivity contribution is 6.32. The third-order valence-corrected chi connectivity index (χ3v) is 3.82. The highest BCUT2D eigenvalue weighted by atomic mass is 35.5. The van der Waals surface area contributed by atoms with Crippen LogP contribution in [0.25, 0.3) is 0 Å². The van der Waals surface area contributed by atoms with Crippen molar-refractivity contribution in [3.8, 4) is 5.75 Å². The number of carbonyl (C=O) groups excluding carboxylic acids is 2. The van der Waals surface area contributed by atoms with Gasteiger partial charge in [0.15, 0.2) is 0 Å². The maximum Gasteiger partial charge on any atom is 0.251 e. The van der Waals surface area contributed by atoms with E-state index in [1.807, 2.05) is 0 Å². The number of nitrogens with two attached hydrogens (primary N) is 1. The summed E-state index contributed by atoms with van der Waals surface area (Å²) < 4.78 is 12.9. The van der Waals surface area contributed by atoms with Crippen molar-refractivity contribution >= 4 is 23.4 Å². The fourth-order valence-corrected chi connectivity index (χ4v) is 2.32. The number of carbonyl (C=O) groups is 2. The van der Waals surface area contributed by atoms with E-state index in [4.69, 9.17) is 17.3 Å². The lowest BCUT2D eigenvalue weighted by atomic mass is 9.98. The van der Waals surface area contributed by atoms with Crippen LogP contribution in [0.15, 0.2) is 42.5 Å². The van der Waals surface area contributed by atoms with Gasteiger partial charge < -0.3 is 16.2 Å². The molecule has 5 nitrogen and oxygen atoms in total. The molecule has 1 unspecified atom stereocenters. The second-order valence-electron chi connectivity index (χ2n) is 5.31. The summed E-state index contributed by atoms with van der Waals surface area (Å²) in [4.78, 5) is 23.6. The Hall–Kier alpha value is -2.60. The lowest BCUT2D eigenvalue weighted by Gasteiger charge is -2.14. The van der Waals surface area contributed by atoms with Crippen molar-refractivity contribution in [1.29, 1.82) is 0 Å². The Kier molecular flexibility index (Phi) is 5.76. The minimum Gasteiger partial charge on any atom is -0.506 e. The van der Waals surface area contributed by atoms with E-state index in [-0.39, 0.29) is 35.1 Å². The minimum absolute atomic E-state index is 0.0318. The average Bonchev–Trinajstić information content (AvgIpc) is 2.55. The molecule has 0 aliphatic rings. The van der Waals surface area contributed by atoms with E-state index in [9.17, 15) is 19.1 Å². The van der Waals surface area contributed by atoms with Gasteiger partial charge in [-0.05, 0) is 42.3 Å². The van der Waals surface area contributed by atoms with Gasteiger partial charge in [-0.2, -0.15) is 0 Å². The zero-order valence-corrected chi connectivity index (χ0v) is 13.4. The maximum atomic E-state index is 12.9. The van der Waals surface area contributed by atoms with E-state index in [2.05, 4.69) is 5.32 Å². The van der Waals surface area contributed by atoms with Gasteiger partial charge in [0.2, 0.25) is 5.91 Å². The lowest BCUT2D eigenvalue weighted by Crippen LogP contribution is -2.37. The number of halogens is 2. The number of aromatic hydroxyl groups is 1. The van der Waals surface area contributed by atoms with Gasteiger partial charge in [-0.3, -0.25) is 9.59 Å². The molecule has 0 saturated heterocycles. The van der Waals surface area contributed by atoms with Crippen molar-refractivity contribution in [3.63, 3.8) is 0 Å². The van der Waals surface area contributed by atoms with Crippen LogP contribution >= 0.6 is 11.6 Å². The first-order valence-corrected chi connectivity index (χ1v) is 7.55. The Morgan fingerprint density at radius 3 is 2.46 bits per heavy atom. The first-order valence-electron chi connectivity index (χ1n) is 7.17. The second-order valence-corrected chi connectivity index (χ2v) is 5.71. The summed E-state index contributed by atoms with van der Waals surface area (Å²) in [5, 5.41) is 12.0. The van der Waals surface area contributed by atoms with E-state index in [1.54, 1.807) is 12.1 Å². The smallest absolute Gasteiger partial charge is 0.251 e.